The number of aliphatic carboxylic acids is 1. The molecule has 0 radical (unpaired) electrons. The maximum absolute atomic E-state index is 12.4. The zero-order valence-electron chi connectivity index (χ0n) is 15.6. The first-order chi connectivity index (χ1) is 12.9. The molecule has 0 atom stereocenters. The molecule has 0 bridgehead atoms. The van der Waals surface area contributed by atoms with Gasteiger partial charge in [0.25, 0.3) is 5.91 Å². The van der Waals surface area contributed by atoms with Gasteiger partial charge in [-0.05, 0) is 44.5 Å². The molecule has 2 rings (SSSR count). The number of ether oxygens (including phenoxy) is 1. The zero-order valence-corrected chi connectivity index (χ0v) is 16.5. The van der Waals surface area contributed by atoms with Crippen molar-refractivity contribution in [3.05, 3.63) is 35.7 Å². The highest BCUT2D eigenvalue weighted by atomic mass is 32.2. The minimum atomic E-state index is -0.868. The van der Waals surface area contributed by atoms with E-state index in [4.69, 9.17) is 9.84 Å². The quantitative estimate of drug-likeness (QED) is 0.597. The summed E-state index contributed by atoms with van der Waals surface area (Å²) < 4.78 is 7.28. The Morgan fingerprint density at radius 2 is 2.00 bits per heavy atom. The van der Waals surface area contributed by atoms with E-state index in [0.717, 1.165) is 11.4 Å². The van der Waals surface area contributed by atoms with Gasteiger partial charge < -0.3 is 15.2 Å². The van der Waals surface area contributed by atoms with Crippen molar-refractivity contribution in [2.75, 3.05) is 18.1 Å². The van der Waals surface area contributed by atoms with Crippen molar-refractivity contribution in [3.63, 3.8) is 0 Å². The fraction of sp³-hybridized carbons (Fsp3) is 0.444. The molecule has 2 aromatic rings. The molecule has 9 heteroatoms. The molecule has 0 aliphatic rings. The Hall–Kier alpha value is -2.55. The smallest absolute Gasteiger partial charge is 0.313 e. The average Bonchev–Trinajstić information content (AvgIpc) is 3.05. The Bertz CT molecular complexity index is 774. The van der Waals surface area contributed by atoms with Crippen molar-refractivity contribution in [1.29, 1.82) is 0 Å². The second-order valence-electron chi connectivity index (χ2n) is 6.01. The third-order valence-corrected chi connectivity index (χ3v) is 4.47. The Balaban J connectivity index is 2.05. The highest BCUT2D eigenvalue weighted by molar-refractivity contribution is 7.99. The van der Waals surface area contributed by atoms with Gasteiger partial charge in [-0.15, -0.1) is 16.9 Å². The molecule has 0 unspecified atom stereocenters. The molecular formula is C18H24N4O4S. The first kappa shape index (κ1) is 20.8. The predicted molar refractivity (Wildman–Crippen MR) is 104 cm³/mol. The molecule has 1 aromatic heterocycles. The molecule has 0 aliphatic carbocycles. The van der Waals surface area contributed by atoms with Crippen LogP contribution in [-0.2, 0) is 11.2 Å². The maximum Gasteiger partial charge on any atom is 0.313 e. The molecular weight excluding hydrogens is 368 g/mol. The van der Waals surface area contributed by atoms with Gasteiger partial charge in [0, 0.05) is 12.3 Å². The molecule has 146 valence electrons. The molecule has 27 heavy (non-hydrogen) atoms. The Labute approximate surface area is 162 Å². The molecule has 1 aromatic carbocycles. The molecule has 0 spiro atoms. The minimum Gasteiger partial charge on any atom is -0.491 e. The van der Waals surface area contributed by atoms with Gasteiger partial charge in [0.05, 0.1) is 23.2 Å². The number of amides is 1. The van der Waals surface area contributed by atoms with Gasteiger partial charge >= 0.3 is 5.97 Å². The number of aromatic nitrogens is 3. The number of carbonyl (C=O) groups is 2. The fourth-order valence-electron chi connectivity index (χ4n) is 2.42. The van der Waals surface area contributed by atoms with Crippen molar-refractivity contribution < 1.29 is 19.4 Å². The van der Waals surface area contributed by atoms with Crippen LogP contribution in [0.25, 0.3) is 5.69 Å². The lowest BCUT2D eigenvalue weighted by atomic mass is 10.2. The summed E-state index contributed by atoms with van der Waals surface area (Å²) in [4.78, 5) is 22.8. The van der Waals surface area contributed by atoms with Crippen molar-refractivity contribution in [1.82, 2.24) is 20.3 Å². The van der Waals surface area contributed by atoms with Crippen LogP contribution in [0.15, 0.2) is 24.3 Å². The number of carboxylic acid groups (broad SMARTS) is 1. The van der Waals surface area contributed by atoms with E-state index < -0.39 is 5.97 Å². The SMILES string of the molecule is CCc1c(C(=O)NCCSCC(=O)O)nnn1-c1ccc(OC(C)C)cc1. The first-order valence-corrected chi connectivity index (χ1v) is 9.87. The lowest BCUT2D eigenvalue weighted by Crippen LogP contribution is -2.27. The third kappa shape index (κ3) is 5.99. The van der Waals surface area contributed by atoms with Gasteiger partial charge in [0.1, 0.15) is 5.75 Å². The van der Waals surface area contributed by atoms with Crippen LogP contribution in [-0.4, -0.2) is 56.1 Å². The van der Waals surface area contributed by atoms with Crippen molar-refractivity contribution in [3.8, 4) is 11.4 Å². The van der Waals surface area contributed by atoms with Crippen LogP contribution in [0.2, 0.25) is 0 Å². The number of benzene rings is 1. The maximum atomic E-state index is 12.4. The number of rotatable bonds is 10. The number of carboxylic acids is 1. The number of carbonyl (C=O) groups excluding carboxylic acids is 1. The van der Waals surface area contributed by atoms with Crippen LogP contribution in [0.5, 0.6) is 5.75 Å². The van der Waals surface area contributed by atoms with E-state index in [1.54, 1.807) is 4.68 Å². The van der Waals surface area contributed by atoms with E-state index in [9.17, 15) is 9.59 Å². The molecule has 0 aliphatic heterocycles. The number of nitrogens with zero attached hydrogens (tertiary/aromatic N) is 3. The Kier molecular flexibility index (Phi) is 7.66. The van der Waals surface area contributed by atoms with Gasteiger partial charge in [-0.1, -0.05) is 12.1 Å². The summed E-state index contributed by atoms with van der Waals surface area (Å²) in [6, 6.07) is 7.46. The van der Waals surface area contributed by atoms with Gasteiger partial charge in [0.2, 0.25) is 0 Å². The molecule has 0 fully saturated rings. The van der Waals surface area contributed by atoms with Crippen molar-refractivity contribution in [2.24, 2.45) is 0 Å². The zero-order chi connectivity index (χ0) is 19.8. The number of hydrogen-bond acceptors (Lipinski definition) is 6. The minimum absolute atomic E-state index is 0.0166. The van der Waals surface area contributed by atoms with E-state index in [-0.39, 0.29) is 23.5 Å². The van der Waals surface area contributed by atoms with Gasteiger partial charge in [0.15, 0.2) is 5.69 Å². The van der Waals surface area contributed by atoms with E-state index in [0.29, 0.717) is 24.4 Å². The van der Waals surface area contributed by atoms with E-state index in [1.807, 2.05) is 45.0 Å². The van der Waals surface area contributed by atoms with Gasteiger partial charge in [-0.25, -0.2) is 4.68 Å². The number of hydrogen-bond donors (Lipinski definition) is 2. The molecule has 1 amide bonds. The van der Waals surface area contributed by atoms with Crippen molar-refractivity contribution in [2.45, 2.75) is 33.3 Å². The Morgan fingerprint density at radius 1 is 1.30 bits per heavy atom. The molecule has 2 N–H and O–H groups in total. The lowest BCUT2D eigenvalue weighted by molar-refractivity contribution is -0.133. The van der Waals surface area contributed by atoms with E-state index >= 15 is 0 Å². The van der Waals surface area contributed by atoms with Gasteiger partial charge in [-0.3, -0.25) is 9.59 Å². The third-order valence-electron chi connectivity index (χ3n) is 3.52. The number of nitrogens with one attached hydrogen (secondary N) is 1. The second-order valence-corrected chi connectivity index (χ2v) is 7.12. The number of thioether (sulfide) groups is 1. The highest BCUT2D eigenvalue weighted by Gasteiger charge is 2.19. The van der Waals surface area contributed by atoms with E-state index in [2.05, 4.69) is 15.6 Å². The molecule has 0 saturated heterocycles. The normalized spacial score (nSPS) is 10.8. The summed E-state index contributed by atoms with van der Waals surface area (Å²) >= 11 is 1.25. The van der Waals surface area contributed by atoms with Crippen LogP contribution in [0.4, 0.5) is 0 Å². The van der Waals surface area contributed by atoms with Crippen LogP contribution in [0, 0.1) is 0 Å². The summed E-state index contributed by atoms with van der Waals surface area (Å²) in [7, 11) is 0. The van der Waals surface area contributed by atoms with Crippen LogP contribution >= 0.6 is 11.8 Å². The lowest BCUT2D eigenvalue weighted by Gasteiger charge is -2.11. The summed E-state index contributed by atoms with van der Waals surface area (Å²) in [5.74, 6) is 0.123. The summed E-state index contributed by atoms with van der Waals surface area (Å²) in [6.07, 6.45) is 0.686. The summed E-state index contributed by atoms with van der Waals surface area (Å²) in [5.41, 5.74) is 1.79. The summed E-state index contributed by atoms with van der Waals surface area (Å²) in [6.45, 7) is 6.23. The predicted octanol–water partition coefficient (Wildman–Crippen LogP) is 2.16. The highest BCUT2D eigenvalue weighted by Crippen LogP contribution is 2.19. The van der Waals surface area contributed by atoms with E-state index in [1.165, 1.54) is 11.8 Å². The molecule has 8 nitrogen and oxygen atoms in total. The van der Waals surface area contributed by atoms with Gasteiger partial charge in [-0.2, -0.15) is 0 Å². The van der Waals surface area contributed by atoms with Crippen molar-refractivity contribution >= 4 is 23.6 Å². The van der Waals surface area contributed by atoms with Crippen LogP contribution in [0.3, 0.4) is 0 Å². The molecule has 0 saturated carbocycles. The summed E-state index contributed by atoms with van der Waals surface area (Å²) in [5, 5.41) is 19.5. The van der Waals surface area contributed by atoms with Crippen LogP contribution < -0.4 is 10.1 Å². The standard InChI is InChI=1S/C18H24N4O4S/c1-4-15-17(18(25)19-9-10-27-11-16(23)24)20-21-22(15)13-5-7-14(8-6-13)26-12(2)3/h5-8,12H,4,9-11H2,1-3H3,(H,19,25)(H,23,24). The van der Waals surface area contributed by atoms with Crippen LogP contribution in [0.1, 0.15) is 37.0 Å². The second kappa shape index (κ2) is 9.96. The topological polar surface area (TPSA) is 106 Å². The average molecular weight is 392 g/mol. The fourth-order valence-corrected chi connectivity index (χ4v) is 2.99. The largest absolute Gasteiger partial charge is 0.491 e. The first-order valence-electron chi connectivity index (χ1n) is 8.71. The Morgan fingerprint density at radius 3 is 2.59 bits per heavy atom. The molecule has 1 heterocycles. The monoisotopic (exact) mass is 392 g/mol.